The Balaban J connectivity index is 1.86. The Bertz CT molecular complexity index is 557. The lowest BCUT2D eigenvalue weighted by atomic mass is 9.94. The lowest BCUT2D eigenvalue weighted by Gasteiger charge is -2.46. The number of amides is 2. The van der Waals surface area contributed by atoms with E-state index in [2.05, 4.69) is 4.98 Å². The number of carbonyl (C=O) groups is 2. The molecule has 0 aromatic carbocycles. The molecule has 2 aliphatic heterocycles. The van der Waals surface area contributed by atoms with Crippen LogP contribution in [0.1, 0.15) is 43.3 Å². The van der Waals surface area contributed by atoms with Crippen LogP contribution < -0.4 is 0 Å². The van der Waals surface area contributed by atoms with Crippen LogP contribution in [0.25, 0.3) is 0 Å². The molecule has 0 spiro atoms. The molecule has 3 heterocycles. The van der Waals surface area contributed by atoms with E-state index in [0.29, 0.717) is 13.0 Å². The molecule has 1 aromatic heterocycles. The van der Waals surface area contributed by atoms with Gasteiger partial charge in [-0.15, -0.1) is 11.3 Å². The van der Waals surface area contributed by atoms with E-state index in [0.717, 1.165) is 36.5 Å². The maximum atomic E-state index is 12.8. The number of fused-ring (bicyclic) bond motifs is 1. The van der Waals surface area contributed by atoms with Crippen LogP contribution in [0.15, 0.2) is 5.38 Å². The second-order valence-electron chi connectivity index (χ2n) is 5.79. The van der Waals surface area contributed by atoms with Gasteiger partial charge in [-0.1, -0.05) is 6.92 Å². The molecular formula is C15H21N3O2S. The van der Waals surface area contributed by atoms with Crippen molar-refractivity contribution >= 4 is 23.2 Å². The minimum absolute atomic E-state index is 0.104. The maximum Gasteiger partial charge on any atom is 0.246 e. The van der Waals surface area contributed by atoms with E-state index in [4.69, 9.17) is 0 Å². The van der Waals surface area contributed by atoms with Gasteiger partial charge in [0, 0.05) is 11.9 Å². The van der Waals surface area contributed by atoms with Crippen LogP contribution in [-0.2, 0) is 16.1 Å². The number of nitrogens with zero attached hydrogens (tertiary/aromatic N) is 3. The molecule has 2 unspecified atom stereocenters. The van der Waals surface area contributed by atoms with Gasteiger partial charge in [0.2, 0.25) is 11.8 Å². The Morgan fingerprint density at radius 1 is 1.33 bits per heavy atom. The molecule has 5 nitrogen and oxygen atoms in total. The summed E-state index contributed by atoms with van der Waals surface area (Å²) >= 11 is 1.58. The molecule has 0 bridgehead atoms. The average molecular weight is 307 g/mol. The molecule has 3 rings (SSSR count). The van der Waals surface area contributed by atoms with E-state index in [1.807, 2.05) is 24.1 Å². The monoisotopic (exact) mass is 307 g/mol. The van der Waals surface area contributed by atoms with Crippen LogP contribution in [0, 0.1) is 6.92 Å². The standard InChI is InChI=1S/C15H21N3O2S/c1-3-12-14(19)17-7-5-4-6-13(17)15(20)18(12)8-11-9-21-10(2)16-11/h9,12-13H,3-8H2,1-2H3. The van der Waals surface area contributed by atoms with Gasteiger partial charge in [-0.3, -0.25) is 9.59 Å². The molecule has 0 saturated carbocycles. The zero-order chi connectivity index (χ0) is 15.0. The lowest BCUT2D eigenvalue weighted by Crippen LogP contribution is -2.65. The number of aryl methyl sites for hydroxylation is 1. The summed E-state index contributed by atoms with van der Waals surface area (Å²) in [7, 11) is 0. The van der Waals surface area contributed by atoms with Gasteiger partial charge in [0.15, 0.2) is 0 Å². The van der Waals surface area contributed by atoms with Crippen LogP contribution in [0.2, 0.25) is 0 Å². The highest BCUT2D eigenvalue weighted by molar-refractivity contribution is 7.09. The number of carbonyl (C=O) groups excluding carboxylic acids is 2. The summed E-state index contributed by atoms with van der Waals surface area (Å²) in [6.45, 7) is 5.12. The Hall–Kier alpha value is -1.43. The molecule has 2 aliphatic rings. The molecule has 2 amide bonds. The zero-order valence-electron chi connectivity index (χ0n) is 12.5. The number of piperazine rings is 1. The van der Waals surface area contributed by atoms with E-state index in [-0.39, 0.29) is 23.9 Å². The molecule has 114 valence electrons. The van der Waals surface area contributed by atoms with E-state index in [1.165, 1.54) is 0 Å². The van der Waals surface area contributed by atoms with Crippen molar-refractivity contribution in [1.82, 2.24) is 14.8 Å². The molecular weight excluding hydrogens is 286 g/mol. The normalized spacial score (nSPS) is 26.2. The Morgan fingerprint density at radius 2 is 2.14 bits per heavy atom. The third kappa shape index (κ3) is 2.57. The second-order valence-corrected chi connectivity index (χ2v) is 6.85. The molecule has 2 fully saturated rings. The van der Waals surface area contributed by atoms with Gasteiger partial charge in [0.1, 0.15) is 12.1 Å². The molecule has 21 heavy (non-hydrogen) atoms. The van der Waals surface area contributed by atoms with Gasteiger partial charge < -0.3 is 9.80 Å². The van der Waals surface area contributed by atoms with Crippen molar-refractivity contribution in [2.24, 2.45) is 0 Å². The summed E-state index contributed by atoms with van der Waals surface area (Å²) in [6, 6.07) is -0.567. The Labute approximate surface area is 129 Å². The molecule has 0 N–H and O–H groups in total. The van der Waals surface area contributed by atoms with Gasteiger partial charge in [0.25, 0.3) is 0 Å². The fraction of sp³-hybridized carbons (Fsp3) is 0.667. The second kappa shape index (κ2) is 5.75. The topological polar surface area (TPSA) is 53.5 Å². The molecule has 2 saturated heterocycles. The van der Waals surface area contributed by atoms with E-state index in [1.54, 1.807) is 16.2 Å². The van der Waals surface area contributed by atoms with Crippen LogP contribution in [-0.4, -0.2) is 45.2 Å². The van der Waals surface area contributed by atoms with Crippen molar-refractivity contribution < 1.29 is 9.59 Å². The number of hydrogen-bond donors (Lipinski definition) is 0. The minimum atomic E-state index is -0.325. The van der Waals surface area contributed by atoms with Crippen molar-refractivity contribution in [3.63, 3.8) is 0 Å². The third-order valence-corrected chi connectivity index (χ3v) is 5.22. The molecule has 1 aromatic rings. The first-order valence-corrected chi connectivity index (χ1v) is 8.51. The Morgan fingerprint density at radius 3 is 2.81 bits per heavy atom. The van der Waals surface area contributed by atoms with Gasteiger partial charge in [-0.05, 0) is 32.6 Å². The van der Waals surface area contributed by atoms with Crippen molar-refractivity contribution in [3.05, 3.63) is 16.1 Å². The number of hydrogen-bond acceptors (Lipinski definition) is 4. The molecule has 0 radical (unpaired) electrons. The number of thiazole rings is 1. The van der Waals surface area contributed by atoms with Crippen molar-refractivity contribution in [2.75, 3.05) is 6.54 Å². The van der Waals surface area contributed by atoms with Crippen LogP contribution in [0.3, 0.4) is 0 Å². The number of aromatic nitrogens is 1. The predicted octanol–water partition coefficient (Wildman–Crippen LogP) is 1.95. The van der Waals surface area contributed by atoms with Gasteiger partial charge in [-0.25, -0.2) is 4.98 Å². The fourth-order valence-corrected chi connectivity index (χ4v) is 3.96. The van der Waals surface area contributed by atoms with Crippen LogP contribution in [0.5, 0.6) is 0 Å². The van der Waals surface area contributed by atoms with Crippen molar-refractivity contribution in [2.45, 2.75) is 58.2 Å². The first kappa shape index (κ1) is 14.5. The van der Waals surface area contributed by atoms with E-state index >= 15 is 0 Å². The van der Waals surface area contributed by atoms with E-state index < -0.39 is 0 Å². The van der Waals surface area contributed by atoms with Gasteiger partial charge in [0.05, 0.1) is 17.2 Å². The molecule has 2 atom stereocenters. The highest BCUT2D eigenvalue weighted by Crippen LogP contribution is 2.28. The van der Waals surface area contributed by atoms with Crippen LogP contribution in [0.4, 0.5) is 0 Å². The Kier molecular flexibility index (Phi) is 3.97. The fourth-order valence-electron chi connectivity index (χ4n) is 3.36. The first-order chi connectivity index (χ1) is 10.1. The highest BCUT2D eigenvalue weighted by Gasteiger charge is 2.45. The highest BCUT2D eigenvalue weighted by atomic mass is 32.1. The zero-order valence-corrected chi connectivity index (χ0v) is 13.4. The number of rotatable bonds is 3. The smallest absolute Gasteiger partial charge is 0.246 e. The number of piperidine rings is 1. The lowest BCUT2D eigenvalue weighted by molar-refractivity contribution is -0.164. The predicted molar refractivity (Wildman–Crippen MR) is 80.8 cm³/mol. The SMILES string of the molecule is CCC1C(=O)N2CCCCC2C(=O)N1Cc1csc(C)n1. The molecule has 6 heteroatoms. The quantitative estimate of drug-likeness (QED) is 0.857. The van der Waals surface area contributed by atoms with Gasteiger partial charge >= 0.3 is 0 Å². The summed E-state index contributed by atoms with van der Waals surface area (Å²) < 4.78 is 0. The summed E-state index contributed by atoms with van der Waals surface area (Å²) in [5.41, 5.74) is 0.890. The summed E-state index contributed by atoms with van der Waals surface area (Å²) in [5.74, 6) is 0.223. The van der Waals surface area contributed by atoms with Crippen molar-refractivity contribution in [1.29, 1.82) is 0 Å². The summed E-state index contributed by atoms with van der Waals surface area (Å²) in [5, 5.41) is 2.97. The third-order valence-electron chi connectivity index (χ3n) is 4.40. The summed E-state index contributed by atoms with van der Waals surface area (Å²) in [6.07, 6.45) is 3.50. The first-order valence-electron chi connectivity index (χ1n) is 7.63. The minimum Gasteiger partial charge on any atom is -0.329 e. The summed E-state index contributed by atoms with van der Waals surface area (Å²) in [4.78, 5) is 33.4. The maximum absolute atomic E-state index is 12.8. The average Bonchev–Trinajstić information content (AvgIpc) is 2.90. The molecule has 0 aliphatic carbocycles. The van der Waals surface area contributed by atoms with Crippen LogP contribution >= 0.6 is 11.3 Å². The largest absolute Gasteiger partial charge is 0.329 e. The van der Waals surface area contributed by atoms with E-state index in [9.17, 15) is 9.59 Å². The van der Waals surface area contributed by atoms with Crippen molar-refractivity contribution in [3.8, 4) is 0 Å². The van der Waals surface area contributed by atoms with Gasteiger partial charge in [-0.2, -0.15) is 0 Å².